The van der Waals surface area contributed by atoms with Gasteiger partial charge in [0.2, 0.25) is 0 Å². The van der Waals surface area contributed by atoms with E-state index >= 15 is 0 Å². The Bertz CT molecular complexity index is 740. The number of likely N-dealkylation sites (N-methyl/N-ethyl adjacent to an activating group) is 1. The minimum Gasteiger partial charge on any atom is -0.492 e. The molecule has 0 fully saturated rings. The quantitative estimate of drug-likeness (QED) is 0.212. The van der Waals surface area contributed by atoms with Gasteiger partial charge >= 0.3 is 0 Å². The smallest absolute Gasteiger partial charge is 0.191 e. The number of aromatic nitrogens is 1. The van der Waals surface area contributed by atoms with E-state index in [1.807, 2.05) is 44.4 Å². The van der Waals surface area contributed by atoms with Crippen LogP contribution in [-0.2, 0) is 13.0 Å². The van der Waals surface area contributed by atoms with E-state index in [0.29, 0.717) is 18.3 Å². The fourth-order valence-corrected chi connectivity index (χ4v) is 2.61. The Kier molecular flexibility index (Phi) is 12.6. The van der Waals surface area contributed by atoms with Gasteiger partial charge in [-0.05, 0) is 45.1 Å². The monoisotopic (exact) mass is 531 g/mol. The van der Waals surface area contributed by atoms with Crippen LogP contribution in [-0.4, -0.2) is 56.2 Å². The first-order valence-electron chi connectivity index (χ1n) is 9.56. The minimum atomic E-state index is 0. The van der Waals surface area contributed by atoms with Gasteiger partial charge in [0.15, 0.2) is 5.96 Å². The number of ether oxygens (including phenoxy) is 1. The van der Waals surface area contributed by atoms with Gasteiger partial charge in [-0.3, -0.25) is 0 Å². The highest BCUT2D eigenvalue weighted by atomic mass is 127. The molecule has 160 valence electrons. The molecule has 6 nitrogen and oxygen atoms in total. The van der Waals surface area contributed by atoms with Crippen LogP contribution < -0.4 is 15.4 Å². The lowest BCUT2D eigenvalue weighted by molar-refractivity contribution is 0.259. The van der Waals surface area contributed by atoms with Crippen LogP contribution in [0.3, 0.4) is 0 Å². The first-order valence-corrected chi connectivity index (χ1v) is 9.94. The minimum absolute atomic E-state index is 0. The van der Waals surface area contributed by atoms with Crippen molar-refractivity contribution in [3.63, 3.8) is 0 Å². The Morgan fingerprint density at radius 1 is 1.17 bits per heavy atom. The summed E-state index contributed by atoms with van der Waals surface area (Å²) in [7, 11) is 4.07. The Morgan fingerprint density at radius 2 is 1.97 bits per heavy atom. The molecule has 2 aromatic rings. The molecule has 0 bridgehead atoms. The second kappa shape index (κ2) is 14.4. The van der Waals surface area contributed by atoms with E-state index in [4.69, 9.17) is 21.3 Å². The van der Waals surface area contributed by atoms with Gasteiger partial charge in [-0.1, -0.05) is 35.9 Å². The predicted octanol–water partition coefficient (Wildman–Crippen LogP) is 3.59. The van der Waals surface area contributed by atoms with Crippen molar-refractivity contribution in [3.05, 3.63) is 58.9 Å². The molecular formula is C21H31ClIN5O. The number of nitrogens with one attached hydrogen (secondary N) is 2. The summed E-state index contributed by atoms with van der Waals surface area (Å²) in [6, 6.07) is 11.8. The van der Waals surface area contributed by atoms with E-state index in [-0.39, 0.29) is 24.0 Å². The molecule has 0 saturated carbocycles. The molecule has 2 rings (SSSR count). The maximum atomic E-state index is 5.92. The molecule has 0 aliphatic rings. The first-order chi connectivity index (χ1) is 13.6. The van der Waals surface area contributed by atoms with Crippen LogP contribution >= 0.6 is 35.6 Å². The van der Waals surface area contributed by atoms with Gasteiger partial charge in [-0.2, -0.15) is 0 Å². The number of rotatable bonds is 10. The van der Waals surface area contributed by atoms with E-state index in [9.17, 15) is 0 Å². The maximum absolute atomic E-state index is 5.92. The van der Waals surface area contributed by atoms with E-state index in [0.717, 1.165) is 48.9 Å². The molecule has 0 aliphatic carbocycles. The van der Waals surface area contributed by atoms with Crippen LogP contribution in [0.2, 0.25) is 5.15 Å². The molecule has 0 spiro atoms. The SMILES string of the molecule is CCNC(=NCc1ccccc1OCCN(C)C)NCCc1ccc(Cl)nc1.I. The third kappa shape index (κ3) is 10.1. The lowest BCUT2D eigenvalue weighted by Gasteiger charge is -2.14. The molecule has 1 aromatic heterocycles. The number of hydrogen-bond donors (Lipinski definition) is 2. The third-order valence-corrected chi connectivity index (χ3v) is 4.24. The van der Waals surface area contributed by atoms with Crippen molar-refractivity contribution in [1.82, 2.24) is 20.5 Å². The average molecular weight is 532 g/mol. The van der Waals surface area contributed by atoms with Crippen molar-refractivity contribution < 1.29 is 4.74 Å². The van der Waals surface area contributed by atoms with Crippen LogP contribution in [0, 0.1) is 0 Å². The number of para-hydroxylation sites is 1. The Balaban J connectivity index is 0.00000420. The highest BCUT2D eigenvalue weighted by Crippen LogP contribution is 2.18. The van der Waals surface area contributed by atoms with Gasteiger partial charge in [-0.15, -0.1) is 24.0 Å². The number of guanidine groups is 1. The molecule has 2 N–H and O–H groups in total. The van der Waals surface area contributed by atoms with E-state index in [2.05, 4.69) is 33.5 Å². The van der Waals surface area contributed by atoms with Crippen LogP contribution in [0.15, 0.2) is 47.6 Å². The molecular weight excluding hydrogens is 501 g/mol. The summed E-state index contributed by atoms with van der Waals surface area (Å²) in [5.74, 6) is 1.67. The fourth-order valence-electron chi connectivity index (χ4n) is 2.50. The number of pyridine rings is 1. The fraction of sp³-hybridized carbons (Fsp3) is 0.429. The predicted molar refractivity (Wildman–Crippen MR) is 132 cm³/mol. The van der Waals surface area contributed by atoms with Crippen molar-refractivity contribution in [2.75, 3.05) is 40.3 Å². The highest BCUT2D eigenvalue weighted by Gasteiger charge is 2.04. The summed E-state index contributed by atoms with van der Waals surface area (Å²) in [4.78, 5) is 10.9. The van der Waals surface area contributed by atoms with Gasteiger partial charge in [-0.25, -0.2) is 9.98 Å². The summed E-state index contributed by atoms with van der Waals surface area (Å²) in [6.45, 7) is 5.70. The van der Waals surface area contributed by atoms with Crippen LogP contribution in [0.5, 0.6) is 5.75 Å². The second-order valence-electron chi connectivity index (χ2n) is 6.62. The molecule has 29 heavy (non-hydrogen) atoms. The zero-order valence-electron chi connectivity index (χ0n) is 17.3. The number of nitrogens with zero attached hydrogens (tertiary/aromatic N) is 3. The molecule has 8 heteroatoms. The van der Waals surface area contributed by atoms with Crippen molar-refractivity contribution in [2.24, 2.45) is 4.99 Å². The second-order valence-corrected chi connectivity index (χ2v) is 7.01. The maximum Gasteiger partial charge on any atom is 0.191 e. The lowest BCUT2D eigenvalue weighted by Crippen LogP contribution is -2.38. The van der Waals surface area contributed by atoms with Gasteiger partial charge < -0.3 is 20.3 Å². The normalized spacial score (nSPS) is 11.1. The summed E-state index contributed by atoms with van der Waals surface area (Å²) in [5, 5.41) is 7.15. The van der Waals surface area contributed by atoms with Crippen molar-refractivity contribution in [1.29, 1.82) is 0 Å². The molecule has 1 heterocycles. The molecule has 0 amide bonds. The zero-order valence-corrected chi connectivity index (χ0v) is 20.4. The summed E-state index contributed by atoms with van der Waals surface area (Å²) < 4.78 is 5.92. The zero-order chi connectivity index (χ0) is 20.2. The van der Waals surface area contributed by atoms with Crippen molar-refractivity contribution in [3.8, 4) is 5.75 Å². The lowest BCUT2D eigenvalue weighted by atomic mass is 10.2. The standard InChI is InChI=1S/C21H30ClN5O.HI/c1-4-23-21(24-12-11-17-9-10-20(22)25-15-17)26-16-18-7-5-6-8-19(18)28-14-13-27(2)3;/h5-10,15H,4,11-14,16H2,1-3H3,(H2,23,24,26);1H. The number of hydrogen-bond acceptors (Lipinski definition) is 4. The number of halogens is 2. The Morgan fingerprint density at radius 3 is 2.66 bits per heavy atom. The van der Waals surface area contributed by atoms with Crippen LogP contribution in [0.4, 0.5) is 0 Å². The van der Waals surface area contributed by atoms with Gasteiger partial charge in [0.25, 0.3) is 0 Å². The topological polar surface area (TPSA) is 61.8 Å². The third-order valence-electron chi connectivity index (χ3n) is 4.02. The molecule has 0 saturated heterocycles. The summed E-state index contributed by atoms with van der Waals surface area (Å²) in [6.07, 6.45) is 2.65. The van der Waals surface area contributed by atoms with Crippen LogP contribution in [0.1, 0.15) is 18.1 Å². The molecule has 0 radical (unpaired) electrons. The largest absolute Gasteiger partial charge is 0.492 e. The van der Waals surface area contributed by atoms with Gasteiger partial charge in [0.05, 0.1) is 6.54 Å². The van der Waals surface area contributed by atoms with E-state index < -0.39 is 0 Å². The highest BCUT2D eigenvalue weighted by molar-refractivity contribution is 14.0. The van der Waals surface area contributed by atoms with Gasteiger partial charge in [0.1, 0.15) is 17.5 Å². The average Bonchev–Trinajstić information content (AvgIpc) is 2.68. The van der Waals surface area contributed by atoms with E-state index in [1.165, 1.54) is 0 Å². The van der Waals surface area contributed by atoms with E-state index in [1.54, 1.807) is 6.20 Å². The molecule has 0 unspecified atom stereocenters. The molecule has 1 aromatic carbocycles. The summed E-state index contributed by atoms with van der Waals surface area (Å²) >= 11 is 5.83. The molecule has 0 aliphatic heterocycles. The van der Waals surface area contributed by atoms with Crippen LogP contribution in [0.25, 0.3) is 0 Å². The Labute approximate surface area is 196 Å². The Hall–Kier alpha value is -1.58. The summed E-state index contributed by atoms with van der Waals surface area (Å²) in [5.41, 5.74) is 2.20. The number of aliphatic imine (C=N–C) groups is 1. The first kappa shape index (κ1) is 25.5. The van der Waals surface area contributed by atoms with Gasteiger partial charge in [0, 0.05) is 31.4 Å². The number of benzene rings is 1. The molecule has 0 atom stereocenters. The van der Waals surface area contributed by atoms with Crippen molar-refractivity contribution >= 4 is 41.5 Å². The van der Waals surface area contributed by atoms with Crippen molar-refractivity contribution in [2.45, 2.75) is 19.9 Å².